The Morgan fingerprint density at radius 2 is 1.79 bits per heavy atom. The highest BCUT2D eigenvalue weighted by atomic mass is 32.1. The first kappa shape index (κ1) is 15.3. The fourth-order valence-electron chi connectivity index (χ4n) is 0.971. The van der Waals surface area contributed by atoms with Crippen LogP contribution in [0.4, 0.5) is 8.78 Å². The molecule has 0 aromatic carbocycles. The second-order valence-electron chi connectivity index (χ2n) is 3.13. The van der Waals surface area contributed by atoms with E-state index in [1.54, 1.807) is 16.8 Å². The Hall–Kier alpha value is -1.80. The molecule has 0 atom stereocenters. The van der Waals surface area contributed by atoms with Crippen molar-refractivity contribution in [2.75, 3.05) is 0 Å². The number of carboxylic acid groups (broad SMARTS) is 2. The quantitative estimate of drug-likeness (QED) is 0.903. The van der Waals surface area contributed by atoms with E-state index in [1.807, 2.05) is 0 Å². The molecular formula is C11H8F2O4S2. The van der Waals surface area contributed by atoms with Crippen LogP contribution in [0.3, 0.4) is 0 Å². The average molecular weight is 306 g/mol. The van der Waals surface area contributed by atoms with Crippen LogP contribution in [0.5, 0.6) is 0 Å². The number of aromatic carboxylic acids is 2. The summed E-state index contributed by atoms with van der Waals surface area (Å²) in [5.74, 6) is -2.02. The summed E-state index contributed by atoms with van der Waals surface area (Å²) in [6.07, 6.45) is -2.58. The third kappa shape index (κ3) is 4.76. The van der Waals surface area contributed by atoms with Gasteiger partial charge in [-0.25, -0.2) is 18.4 Å². The highest BCUT2D eigenvalue weighted by molar-refractivity contribution is 7.14. The Morgan fingerprint density at radius 1 is 1.11 bits per heavy atom. The van der Waals surface area contributed by atoms with Crippen molar-refractivity contribution in [1.82, 2.24) is 0 Å². The summed E-state index contributed by atoms with van der Waals surface area (Å²) in [5, 5.41) is 20.0. The Labute approximate surface area is 114 Å². The standard InChI is InChI=1S/C6H4F2O2S.C5H4O2S/c7-5(8)3-1-2-4(11-3)6(9)10;6-5(7)4-1-2-8-3-4/h1-2,5H,(H,9,10);1-3H,(H,6,7). The lowest BCUT2D eigenvalue weighted by Gasteiger charge is -1.88. The van der Waals surface area contributed by atoms with Crippen LogP contribution in [-0.2, 0) is 0 Å². The number of carboxylic acids is 2. The van der Waals surface area contributed by atoms with E-state index >= 15 is 0 Å². The van der Waals surface area contributed by atoms with Crippen molar-refractivity contribution in [2.24, 2.45) is 0 Å². The van der Waals surface area contributed by atoms with E-state index in [9.17, 15) is 18.4 Å². The molecule has 0 radical (unpaired) electrons. The molecular weight excluding hydrogens is 298 g/mol. The zero-order valence-electron chi connectivity index (χ0n) is 9.25. The number of hydrogen-bond acceptors (Lipinski definition) is 4. The molecule has 0 bridgehead atoms. The van der Waals surface area contributed by atoms with Gasteiger partial charge in [0.15, 0.2) is 0 Å². The molecule has 2 rings (SSSR count). The molecule has 0 spiro atoms. The summed E-state index contributed by atoms with van der Waals surface area (Å²) in [5.41, 5.74) is 0.370. The largest absolute Gasteiger partial charge is 0.478 e. The minimum Gasteiger partial charge on any atom is -0.478 e. The molecule has 0 saturated heterocycles. The van der Waals surface area contributed by atoms with E-state index in [4.69, 9.17) is 10.2 Å². The van der Waals surface area contributed by atoms with E-state index in [-0.39, 0.29) is 9.75 Å². The van der Waals surface area contributed by atoms with Gasteiger partial charge < -0.3 is 10.2 Å². The minimum absolute atomic E-state index is 0.0553. The van der Waals surface area contributed by atoms with Crippen molar-refractivity contribution in [3.63, 3.8) is 0 Å². The average Bonchev–Trinajstić information content (AvgIpc) is 3.02. The van der Waals surface area contributed by atoms with E-state index in [0.717, 1.165) is 6.07 Å². The molecule has 2 aromatic rings. The lowest BCUT2D eigenvalue weighted by Crippen LogP contribution is -1.90. The highest BCUT2D eigenvalue weighted by Gasteiger charge is 2.13. The van der Waals surface area contributed by atoms with Gasteiger partial charge in [0.2, 0.25) is 0 Å². The molecule has 0 unspecified atom stereocenters. The maximum absolute atomic E-state index is 11.9. The molecule has 0 aliphatic rings. The number of halogens is 2. The van der Waals surface area contributed by atoms with Crippen molar-refractivity contribution in [2.45, 2.75) is 6.43 Å². The van der Waals surface area contributed by atoms with Crippen molar-refractivity contribution in [3.05, 3.63) is 44.3 Å². The number of carbonyl (C=O) groups is 2. The molecule has 0 saturated carbocycles. The van der Waals surface area contributed by atoms with Gasteiger partial charge in [-0.3, -0.25) is 0 Å². The van der Waals surface area contributed by atoms with Crippen molar-refractivity contribution in [1.29, 1.82) is 0 Å². The van der Waals surface area contributed by atoms with Crippen molar-refractivity contribution < 1.29 is 28.6 Å². The van der Waals surface area contributed by atoms with Gasteiger partial charge in [0.05, 0.1) is 10.4 Å². The summed E-state index contributed by atoms with van der Waals surface area (Å²) in [4.78, 5) is 20.0. The fraction of sp³-hybridized carbons (Fsp3) is 0.0909. The van der Waals surface area contributed by atoms with Crippen LogP contribution in [0.1, 0.15) is 31.3 Å². The maximum atomic E-state index is 11.9. The Morgan fingerprint density at radius 3 is 2.05 bits per heavy atom. The fourth-order valence-corrected chi connectivity index (χ4v) is 2.30. The van der Waals surface area contributed by atoms with Gasteiger partial charge in [-0.2, -0.15) is 11.3 Å². The van der Waals surface area contributed by atoms with Gasteiger partial charge in [0, 0.05) is 5.38 Å². The SMILES string of the molecule is O=C(O)c1ccc(C(F)F)s1.O=C(O)c1ccsc1. The van der Waals surface area contributed by atoms with Crippen molar-refractivity contribution in [3.8, 4) is 0 Å². The smallest absolute Gasteiger partial charge is 0.345 e. The number of hydrogen-bond donors (Lipinski definition) is 2. The summed E-state index contributed by atoms with van der Waals surface area (Å²) < 4.78 is 23.7. The van der Waals surface area contributed by atoms with Crippen LogP contribution in [0.15, 0.2) is 29.0 Å². The molecule has 0 aliphatic heterocycles. The second-order valence-corrected chi connectivity index (χ2v) is 5.02. The molecule has 2 N–H and O–H groups in total. The Bertz CT molecular complexity index is 549. The molecule has 102 valence electrons. The van der Waals surface area contributed by atoms with Crippen LogP contribution in [0.25, 0.3) is 0 Å². The van der Waals surface area contributed by atoms with Gasteiger partial charge in [-0.15, -0.1) is 11.3 Å². The third-order valence-electron chi connectivity index (χ3n) is 1.82. The highest BCUT2D eigenvalue weighted by Crippen LogP contribution is 2.26. The van der Waals surface area contributed by atoms with Crippen LogP contribution >= 0.6 is 22.7 Å². The van der Waals surface area contributed by atoms with E-state index in [1.165, 1.54) is 17.4 Å². The lowest BCUT2D eigenvalue weighted by atomic mass is 10.4. The summed E-state index contributed by atoms with van der Waals surface area (Å²) in [7, 11) is 0. The molecule has 0 amide bonds. The predicted octanol–water partition coefficient (Wildman–Crippen LogP) is 3.83. The van der Waals surface area contributed by atoms with Crippen LogP contribution in [0, 0.1) is 0 Å². The first-order valence-corrected chi connectivity index (χ1v) is 6.54. The summed E-state index contributed by atoms with van der Waals surface area (Å²) >= 11 is 1.99. The van der Waals surface area contributed by atoms with E-state index < -0.39 is 18.4 Å². The molecule has 2 aromatic heterocycles. The monoisotopic (exact) mass is 306 g/mol. The molecule has 2 heterocycles. The first-order chi connectivity index (χ1) is 8.91. The van der Waals surface area contributed by atoms with Crippen LogP contribution < -0.4 is 0 Å². The summed E-state index contributed by atoms with van der Waals surface area (Å²) in [6, 6.07) is 3.88. The maximum Gasteiger partial charge on any atom is 0.345 e. The molecule has 0 fully saturated rings. The van der Waals surface area contributed by atoms with E-state index in [2.05, 4.69) is 0 Å². The number of rotatable bonds is 3. The Balaban J connectivity index is 0.000000200. The third-order valence-corrected chi connectivity index (χ3v) is 3.58. The normalized spacial score (nSPS) is 9.84. The van der Waals surface area contributed by atoms with Gasteiger partial charge >= 0.3 is 11.9 Å². The molecule has 4 nitrogen and oxygen atoms in total. The van der Waals surface area contributed by atoms with Crippen LogP contribution in [0.2, 0.25) is 0 Å². The lowest BCUT2D eigenvalue weighted by molar-refractivity contribution is 0.0688. The molecule has 8 heteroatoms. The van der Waals surface area contributed by atoms with Gasteiger partial charge in [0.25, 0.3) is 6.43 Å². The first-order valence-electron chi connectivity index (χ1n) is 4.78. The van der Waals surface area contributed by atoms with E-state index in [0.29, 0.717) is 16.9 Å². The zero-order chi connectivity index (χ0) is 14.4. The van der Waals surface area contributed by atoms with Gasteiger partial charge in [-0.05, 0) is 23.6 Å². The topological polar surface area (TPSA) is 74.6 Å². The Kier molecular flexibility index (Phi) is 5.58. The van der Waals surface area contributed by atoms with Gasteiger partial charge in [-0.1, -0.05) is 0 Å². The number of thiophene rings is 2. The van der Waals surface area contributed by atoms with Crippen molar-refractivity contribution >= 4 is 34.6 Å². The predicted molar refractivity (Wildman–Crippen MR) is 67.5 cm³/mol. The van der Waals surface area contributed by atoms with Crippen LogP contribution in [-0.4, -0.2) is 22.2 Å². The minimum atomic E-state index is -2.58. The molecule has 0 aliphatic carbocycles. The molecule has 19 heavy (non-hydrogen) atoms. The second kappa shape index (κ2) is 6.95. The number of alkyl halides is 2. The zero-order valence-corrected chi connectivity index (χ0v) is 10.9. The summed E-state index contributed by atoms with van der Waals surface area (Å²) in [6.45, 7) is 0. The van der Waals surface area contributed by atoms with Gasteiger partial charge in [0.1, 0.15) is 4.88 Å².